The van der Waals surface area contributed by atoms with E-state index in [1.807, 2.05) is 0 Å². The molecule has 1 heterocycles. The smallest absolute Gasteiger partial charge is 0.214 e. The molecule has 84 valence electrons. The maximum atomic E-state index is 3.98. The average Bonchev–Trinajstić information content (AvgIpc) is 2.25. The lowest BCUT2D eigenvalue weighted by Crippen LogP contribution is -2.84. The van der Waals surface area contributed by atoms with Crippen LogP contribution in [0.1, 0.15) is 0 Å². The molecular weight excluding hydrogens is 234 g/mol. The molecule has 1 fully saturated rings. The second-order valence-electron chi connectivity index (χ2n) is 4.26. The van der Waals surface area contributed by atoms with Gasteiger partial charge >= 0.3 is 0 Å². The number of nitrogens with one attached hydrogen (secondary N) is 2. The lowest BCUT2D eigenvalue weighted by atomic mass is 11.3. The third-order valence-corrected chi connectivity index (χ3v) is 18.1. The summed E-state index contributed by atoms with van der Waals surface area (Å²) in [7, 11) is -2.43. The Balaban J connectivity index is 3.08. The van der Waals surface area contributed by atoms with E-state index in [1.54, 1.807) is 0 Å². The molecule has 0 saturated carbocycles. The van der Waals surface area contributed by atoms with Gasteiger partial charge in [-0.2, -0.15) is 0 Å². The van der Waals surface area contributed by atoms with Crippen molar-refractivity contribution in [2.24, 2.45) is 0 Å². The Morgan fingerprint density at radius 3 is 1.73 bits per heavy atom. The van der Waals surface area contributed by atoms with Crippen molar-refractivity contribution >= 4 is 25.9 Å². The minimum atomic E-state index is -1.69. The average molecular weight is 256 g/mol. The minimum absolute atomic E-state index is 1.23. The van der Waals surface area contributed by atoms with Crippen LogP contribution in [-0.2, 0) is 0 Å². The van der Waals surface area contributed by atoms with Crippen molar-refractivity contribution in [3.8, 4) is 0 Å². The predicted octanol–water partition coefficient (Wildman–Crippen LogP) is 0.651. The maximum Gasteiger partial charge on any atom is 0.214 e. The summed E-state index contributed by atoms with van der Waals surface area (Å²) in [5, 5.41) is 0. The van der Waals surface area contributed by atoms with Crippen LogP contribution in [0.25, 0.3) is 0 Å². The standard InChI is InChI=1S/C9H21N3Si3/c1-7-13-10-14(5,8-2)12(4)15(6,9-3)11-13/h7-11,13H,1-3H2,4-6H3. The number of nitrogens with zero attached hydrogens (tertiary/aromatic N) is 1. The molecule has 1 aliphatic rings. The van der Waals surface area contributed by atoms with E-state index in [9.17, 15) is 0 Å². The molecule has 0 spiro atoms. The first-order valence-corrected chi connectivity index (χ1v) is 12.0. The summed E-state index contributed by atoms with van der Waals surface area (Å²) in [4.78, 5) is 0. The fourth-order valence-corrected chi connectivity index (χ4v) is 17.4. The summed E-state index contributed by atoms with van der Waals surface area (Å²) in [6, 6.07) is 0. The lowest BCUT2D eigenvalue weighted by molar-refractivity contribution is 0.719. The molecule has 2 atom stereocenters. The summed E-state index contributed by atoms with van der Waals surface area (Å²) >= 11 is 0. The van der Waals surface area contributed by atoms with E-state index in [1.165, 1.54) is 0 Å². The van der Waals surface area contributed by atoms with Gasteiger partial charge < -0.3 is 13.5 Å². The molecule has 0 aromatic heterocycles. The van der Waals surface area contributed by atoms with Gasteiger partial charge in [0.25, 0.3) is 0 Å². The molecule has 2 N–H and O–H groups in total. The van der Waals surface area contributed by atoms with Crippen molar-refractivity contribution in [3.05, 3.63) is 36.8 Å². The van der Waals surface area contributed by atoms with E-state index < -0.39 is 25.9 Å². The van der Waals surface area contributed by atoms with Crippen LogP contribution in [0.15, 0.2) is 36.8 Å². The molecule has 0 amide bonds. The van der Waals surface area contributed by atoms with Crippen molar-refractivity contribution in [2.75, 3.05) is 7.05 Å². The normalized spacial score (nSPS) is 42.2. The molecule has 0 bridgehead atoms. The van der Waals surface area contributed by atoms with Gasteiger partial charge in [-0.15, -0.1) is 19.7 Å². The molecule has 1 aliphatic heterocycles. The predicted molar refractivity (Wildman–Crippen MR) is 75.0 cm³/mol. The third-order valence-electron chi connectivity index (χ3n) is 3.32. The quantitative estimate of drug-likeness (QED) is 0.725. The number of rotatable bonds is 3. The molecular formula is C9H21N3Si3. The van der Waals surface area contributed by atoms with Gasteiger partial charge in [-0.3, -0.25) is 0 Å². The Hall–Kier alpha value is -0.249. The van der Waals surface area contributed by atoms with Crippen molar-refractivity contribution in [1.29, 1.82) is 0 Å². The molecule has 6 heteroatoms. The van der Waals surface area contributed by atoms with Crippen molar-refractivity contribution < 1.29 is 0 Å². The Kier molecular flexibility index (Phi) is 3.69. The first-order chi connectivity index (χ1) is 6.91. The van der Waals surface area contributed by atoms with Gasteiger partial charge in [0.15, 0.2) is 9.12 Å². The van der Waals surface area contributed by atoms with Gasteiger partial charge in [-0.25, -0.2) is 0 Å². The van der Waals surface area contributed by atoms with Crippen LogP contribution in [0.3, 0.4) is 0 Å². The zero-order valence-corrected chi connectivity index (χ0v) is 13.0. The van der Waals surface area contributed by atoms with Gasteiger partial charge in [0, 0.05) is 0 Å². The summed E-state index contributed by atoms with van der Waals surface area (Å²) in [5.41, 5.74) is 6.26. The third kappa shape index (κ3) is 2.15. The molecule has 2 unspecified atom stereocenters. The molecule has 0 aromatic carbocycles. The van der Waals surface area contributed by atoms with E-state index >= 15 is 0 Å². The van der Waals surface area contributed by atoms with Crippen molar-refractivity contribution in [2.45, 2.75) is 13.1 Å². The van der Waals surface area contributed by atoms with Crippen LogP contribution >= 0.6 is 0 Å². The SMILES string of the molecule is C=C[SiH]1N[Si](C)(C=C)N(C)[Si](C)(C=C)N1. The molecule has 15 heavy (non-hydrogen) atoms. The van der Waals surface area contributed by atoms with Crippen LogP contribution in [-0.4, -0.2) is 37.2 Å². The summed E-state index contributed by atoms with van der Waals surface area (Å²) in [5.74, 6) is 0. The highest BCUT2D eigenvalue weighted by atomic mass is 28.5. The van der Waals surface area contributed by atoms with Crippen molar-refractivity contribution in [3.63, 3.8) is 0 Å². The number of hydrogen-bond acceptors (Lipinski definition) is 3. The fourth-order valence-electron chi connectivity index (χ4n) is 1.85. The minimum Gasteiger partial charge on any atom is -0.332 e. The van der Waals surface area contributed by atoms with Gasteiger partial charge in [-0.1, -0.05) is 17.1 Å². The van der Waals surface area contributed by atoms with Crippen LogP contribution in [0.2, 0.25) is 13.1 Å². The molecule has 3 nitrogen and oxygen atoms in total. The van der Waals surface area contributed by atoms with E-state index in [4.69, 9.17) is 0 Å². The monoisotopic (exact) mass is 255 g/mol. The summed E-state index contributed by atoms with van der Waals surface area (Å²) in [6.07, 6.45) is 0. The van der Waals surface area contributed by atoms with Crippen LogP contribution in [0.4, 0.5) is 0 Å². The highest BCUT2D eigenvalue weighted by molar-refractivity contribution is 7.04. The molecule has 0 aromatic rings. The molecule has 0 aliphatic carbocycles. The Morgan fingerprint density at radius 2 is 1.47 bits per heavy atom. The lowest BCUT2D eigenvalue weighted by Gasteiger charge is -2.52. The van der Waals surface area contributed by atoms with Gasteiger partial charge in [0.1, 0.15) is 0 Å². The topological polar surface area (TPSA) is 27.3 Å². The molecule has 0 radical (unpaired) electrons. The zero-order valence-electron chi connectivity index (χ0n) is 9.88. The Bertz CT molecular complexity index is 272. The van der Waals surface area contributed by atoms with Gasteiger partial charge in [0.2, 0.25) is 16.8 Å². The Morgan fingerprint density at radius 1 is 1.07 bits per heavy atom. The molecule has 1 rings (SSSR count). The van der Waals surface area contributed by atoms with Crippen LogP contribution in [0.5, 0.6) is 0 Å². The zero-order chi connectivity index (χ0) is 11.7. The summed E-state index contributed by atoms with van der Waals surface area (Å²) < 4.78 is 9.89. The highest BCUT2D eigenvalue weighted by Crippen LogP contribution is 2.19. The van der Waals surface area contributed by atoms with E-state index in [2.05, 4.69) is 70.5 Å². The van der Waals surface area contributed by atoms with E-state index in [0.717, 1.165) is 0 Å². The maximum absolute atomic E-state index is 3.98. The van der Waals surface area contributed by atoms with Crippen LogP contribution < -0.4 is 9.30 Å². The van der Waals surface area contributed by atoms with E-state index in [-0.39, 0.29) is 0 Å². The second kappa shape index (κ2) is 4.32. The Labute approximate surface area is 96.7 Å². The van der Waals surface area contributed by atoms with Crippen molar-refractivity contribution in [1.82, 2.24) is 13.5 Å². The van der Waals surface area contributed by atoms with Crippen LogP contribution in [0, 0.1) is 0 Å². The highest BCUT2D eigenvalue weighted by Gasteiger charge is 2.47. The first-order valence-electron chi connectivity index (χ1n) is 5.11. The largest absolute Gasteiger partial charge is 0.332 e. The van der Waals surface area contributed by atoms with Gasteiger partial charge in [-0.05, 0) is 20.1 Å². The van der Waals surface area contributed by atoms with E-state index in [0.29, 0.717) is 0 Å². The number of hydrogen-bond donors (Lipinski definition) is 2. The molecule has 1 saturated heterocycles. The fraction of sp³-hybridized carbons (Fsp3) is 0.333. The van der Waals surface area contributed by atoms with Gasteiger partial charge in [0.05, 0.1) is 0 Å². The first kappa shape index (κ1) is 12.8. The summed E-state index contributed by atoms with van der Waals surface area (Å²) in [6.45, 7) is 16.4. The second-order valence-corrected chi connectivity index (χ2v) is 15.2.